The van der Waals surface area contributed by atoms with Gasteiger partial charge in [-0.2, -0.15) is 0 Å². The minimum Gasteiger partial charge on any atom is -0.507 e. The third-order valence-corrected chi connectivity index (χ3v) is 5.96. The predicted octanol–water partition coefficient (Wildman–Crippen LogP) is 4.76. The van der Waals surface area contributed by atoms with Crippen LogP contribution >= 0.6 is 0 Å². The number of likely N-dealkylation sites (tertiary alicyclic amines) is 1. The lowest BCUT2D eigenvalue weighted by atomic mass is 9.92. The highest BCUT2D eigenvalue weighted by Crippen LogP contribution is 2.40. The van der Waals surface area contributed by atoms with E-state index >= 15 is 0 Å². The number of ketones is 1. The first-order valence-corrected chi connectivity index (χ1v) is 11.7. The molecule has 0 bridgehead atoms. The van der Waals surface area contributed by atoms with Gasteiger partial charge in [-0.25, -0.2) is 0 Å². The van der Waals surface area contributed by atoms with Crippen molar-refractivity contribution in [2.24, 2.45) is 0 Å². The lowest BCUT2D eigenvalue weighted by Gasteiger charge is -2.25. The van der Waals surface area contributed by atoms with Crippen LogP contribution in [0.25, 0.3) is 5.76 Å². The van der Waals surface area contributed by atoms with Crippen molar-refractivity contribution >= 4 is 17.4 Å². The second-order valence-corrected chi connectivity index (χ2v) is 9.08. The predicted molar refractivity (Wildman–Crippen MR) is 131 cm³/mol. The van der Waals surface area contributed by atoms with Crippen molar-refractivity contribution in [3.8, 4) is 5.75 Å². The van der Waals surface area contributed by atoms with Gasteiger partial charge in [0.1, 0.15) is 17.6 Å². The van der Waals surface area contributed by atoms with E-state index in [0.29, 0.717) is 30.8 Å². The molecular formula is C27H34N2O5. The van der Waals surface area contributed by atoms with Crippen LogP contribution in [0.15, 0.2) is 42.1 Å². The number of benzene rings is 1. The van der Waals surface area contributed by atoms with Gasteiger partial charge in [0.05, 0.1) is 24.5 Å². The van der Waals surface area contributed by atoms with Crippen LogP contribution in [0, 0.1) is 6.92 Å². The number of carbonyl (C=O) groups is 2. The Bertz CT molecular complexity index is 1080. The summed E-state index contributed by atoms with van der Waals surface area (Å²) in [5.74, 6) is -0.693. The number of methoxy groups -OCH3 is 1. The van der Waals surface area contributed by atoms with Crippen LogP contribution in [-0.4, -0.2) is 53.0 Å². The van der Waals surface area contributed by atoms with E-state index in [1.807, 2.05) is 46.8 Å². The van der Waals surface area contributed by atoms with Crippen molar-refractivity contribution in [1.82, 2.24) is 9.88 Å². The molecule has 1 aliphatic heterocycles. The lowest BCUT2D eigenvalue weighted by molar-refractivity contribution is -0.140. The molecule has 34 heavy (non-hydrogen) atoms. The zero-order chi connectivity index (χ0) is 25.0. The van der Waals surface area contributed by atoms with Gasteiger partial charge in [-0.1, -0.05) is 19.9 Å². The SMILES string of the molecule is COc1cc(C)c(/C(O)=C2\C(=O)C(=O)N(CCCOC(C)C)C2c2ccccn2)cc1C(C)C. The zero-order valence-corrected chi connectivity index (χ0v) is 20.8. The van der Waals surface area contributed by atoms with E-state index in [1.165, 1.54) is 4.90 Å². The molecule has 1 saturated heterocycles. The molecule has 182 valence electrons. The molecule has 1 atom stereocenters. The minimum absolute atomic E-state index is 0.0523. The number of hydrogen-bond donors (Lipinski definition) is 1. The second kappa shape index (κ2) is 10.8. The van der Waals surface area contributed by atoms with Crippen LogP contribution in [0.5, 0.6) is 5.75 Å². The molecule has 1 N–H and O–H groups in total. The molecule has 1 aromatic heterocycles. The summed E-state index contributed by atoms with van der Waals surface area (Å²) in [6, 6.07) is 8.26. The Morgan fingerprint density at radius 1 is 1.18 bits per heavy atom. The number of carbonyl (C=O) groups excluding carboxylic acids is 2. The highest BCUT2D eigenvalue weighted by Gasteiger charge is 2.46. The number of nitrogens with zero attached hydrogens (tertiary/aromatic N) is 2. The van der Waals surface area contributed by atoms with Gasteiger partial charge in [0.2, 0.25) is 0 Å². The van der Waals surface area contributed by atoms with E-state index in [-0.39, 0.29) is 23.4 Å². The summed E-state index contributed by atoms with van der Waals surface area (Å²) >= 11 is 0. The molecular weight excluding hydrogens is 432 g/mol. The summed E-state index contributed by atoms with van der Waals surface area (Å²) < 4.78 is 11.1. The average Bonchev–Trinajstić information content (AvgIpc) is 3.06. The Balaban J connectivity index is 2.11. The Morgan fingerprint density at radius 2 is 1.91 bits per heavy atom. The van der Waals surface area contributed by atoms with Gasteiger partial charge in [0, 0.05) is 24.9 Å². The van der Waals surface area contributed by atoms with Crippen molar-refractivity contribution in [2.45, 2.75) is 59.1 Å². The van der Waals surface area contributed by atoms with Gasteiger partial charge >= 0.3 is 0 Å². The van der Waals surface area contributed by atoms with Crippen molar-refractivity contribution in [2.75, 3.05) is 20.3 Å². The maximum Gasteiger partial charge on any atom is 0.295 e. The number of aliphatic hydroxyl groups excluding tert-OH is 1. The molecule has 1 unspecified atom stereocenters. The number of hydrogen-bond acceptors (Lipinski definition) is 6. The smallest absolute Gasteiger partial charge is 0.295 e. The number of pyridine rings is 1. The summed E-state index contributed by atoms with van der Waals surface area (Å²) in [4.78, 5) is 32.2. The zero-order valence-electron chi connectivity index (χ0n) is 20.8. The van der Waals surface area contributed by atoms with Crippen LogP contribution < -0.4 is 4.74 Å². The summed E-state index contributed by atoms with van der Waals surface area (Å²) in [6.07, 6.45) is 2.26. The quantitative estimate of drug-likeness (QED) is 0.248. The number of aryl methyl sites for hydroxylation is 1. The number of amides is 1. The number of aromatic nitrogens is 1. The van der Waals surface area contributed by atoms with E-state index in [1.54, 1.807) is 31.5 Å². The largest absolute Gasteiger partial charge is 0.507 e. The Labute approximate surface area is 201 Å². The summed E-state index contributed by atoms with van der Waals surface area (Å²) in [5, 5.41) is 11.4. The highest BCUT2D eigenvalue weighted by molar-refractivity contribution is 6.46. The lowest BCUT2D eigenvalue weighted by Crippen LogP contribution is -2.31. The highest BCUT2D eigenvalue weighted by atomic mass is 16.5. The van der Waals surface area contributed by atoms with Crippen LogP contribution in [0.3, 0.4) is 0 Å². The van der Waals surface area contributed by atoms with Crippen molar-refractivity contribution in [1.29, 1.82) is 0 Å². The first-order chi connectivity index (χ1) is 16.2. The van der Waals surface area contributed by atoms with Crippen LogP contribution in [-0.2, 0) is 14.3 Å². The molecule has 1 aliphatic rings. The third kappa shape index (κ3) is 5.14. The Morgan fingerprint density at radius 3 is 2.50 bits per heavy atom. The number of ether oxygens (including phenoxy) is 2. The first kappa shape index (κ1) is 25.4. The molecule has 2 heterocycles. The Hall–Kier alpha value is -3.19. The topological polar surface area (TPSA) is 89.0 Å². The fourth-order valence-corrected chi connectivity index (χ4v) is 4.24. The molecule has 0 aliphatic carbocycles. The van der Waals surface area contributed by atoms with Gasteiger partial charge in [0.25, 0.3) is 11.7 Å². The fourth-order valence-electron chi connectivity index (χ4n) is 4.24. The third-order valence-electron chi connectivity index (χ3n) is 5.96. The van der Waals surface area contributed by atoms with E-state index in [4.69, 9.17) is 9.47 Å². The molecule has 0 spiro atoms. The van der Waals surface area contributed by atoms with Crippen LogP contribution in [0.4, 0.5) is 0 Å². The van der Waals surface area contributed by atoms with E-state index in [0.717, 1.165) is 16.9 Å². The number of rotatable bonds is 9. The normalized spacial score (nSPS) is 17.8. The molecule has 2 aromatic rings. The van der Waals surface area contributed by atoms with Gasteiger partial charge in [0.15, 0.2) is 0 Å². The molecule has 3 rings (SSSR count). The van der Waals surface area contributed by atoms with Crippen LogP contribution in [0.1, 0.15) is 68.5 Å². The first-order valence-electron chi connectivity index (χ1n) is 11.7. The fraction of sp³-hybridized carbons (Fsp3) is 0.444. The van der Waals surface area contributed by atoms with E-state index < -0.39 is 17.7 Å². The van der Waals surface area contributed by atoms with E-state index in [2.05, 4.69) is 4.98 Å². The number of Topliss-reactive ketones (excluding diaryl/α,β-unsaturated/α-hetero) is 1. The van der Waals surface area contributed by atoms with Crippen molar-refractivity contribution in [3.05, 3.63) is 64.5 Å². The summed E-state index contributed by atoms with van der Waals surface area (Å²) in [7, 11) is 1.61. The van der Waals surface area contributed by atoms with E-state index in [9.17, 15) is 14.7 Å². The second-order valence-electron chi connectivity index (χ2n) is 9.08. The maximum absolute atomic E-state index is 13.2. The molecule has 7 nitrogen and oxygen atoms in total. The summed E-state index contributed by atoms with van der Waals surface area (Å²) in [6.45, 7) is 10.6. The Kier molecular flexibility index (Phi) is 8.10. The molecule has 1 aromatic carbocycles. The molecule has 1 amide bonds. The van der Waals surface area contributed by atoms with Gasteiger partial charge < -0.3 is 19.5 Å². The van der Waals surface area contributed by atoms with Gasteiger partial charge in [-0.05, 0) is 68.5 Å². The average molecular weight is 467 g/mol. The molecule has 0 radical (unpaired) electrons. The standard InChI is InChI=1S/C27H34N2O5/c1-16(2)19-15-20(18(5)14-22(19)33-6)25(30)23-24(21-10-7-8-11-28-21)29(27(32)26(23)31)12-9-13-34-17(3)4/h7-8,10-11,14-17,24,30H,9,12-13H2,1-6H3/b25-23+. The van der Waals surface area contributed by atoms with Gasteiger partial charge in [-0.3, -0.25) is 14.6 Å². The monoisotopic (exact) mass is 466 g/mol. The van der Waals surface area contributed by atoms with Crippen molar-refractivity contribution in [3.63, 3.8) is 0 Å². The summed E-state index contributed by atoms with van der Waals surface area (Å²) in [5.41, 5.74) is 2.74. The van der Waals surface area contributed by atoms with Gasteiger partial charge in [-0.15, -0.1) is 0 Å². The molecule has 1 fully saturated rings. The minimum atomic E-state index is -0.774. The maximum atomic E-state index is 13.2. The molecule has 7 heteroatoms. The van der Waals surface area contributed by atoms with Crippen LogP contribution in [0.2, 0.25) is 0 Å². The number of aliphatic hydroxyl groups is 1. The van der Waals surface area contributed by atoms with Crippen molar-refractivity contribution < 1.29 is 24.2 Å². The molecule has 0 saturated carbocycles.